The summed E-state index contributed by atoms with van der Waals surface area (Å²) in [5.41, 5.74) is 5.94. The van der Waals surface area contributed by atoms with Crippen LogP contribution in [0.2, 0.25) is 0 Å². The number of hydrogen-bond acceptors (Lipinski definition) is 5. The number of ether oxygens (including phenoxy) is 1. The van der Waals surface area contributed by atoms with E-state index in [1.54, 1.807) is 7.11 Å². The maximum atomic E-state index is 10.8. The summed E-state index contributed by atoms with van der Waals surface area (Å²) in [6.07, 6.45) is 3.27. The number of carbonyl (C=O) groups is 1. The second kappa shape index (κ2) is 6.70. The molecule has 17 heavy (non-hydrogen) atoms. The number of aromatic nitrogens is 1. The van der Waals surface area contributed by atoms with E-state index in [0.29, 0.717) is 19.0 Å². The number of aromatic carboxylic acids is 1. The van der Waals surface area contributed by atoms with Crippen LogP contribution < -0.4 is 11.1 Å². The normalized spacial score (nSPS) is 10.2. The Kier molecular flexibility index (Phi) is 5.22. The maximum absolute atomic E-state index is 10.8. The molecule has 0 unspecified atom stereocenters. The van der Waals surface area contributed by atoms with Crippen LogP contribution in [0.15, 0.2) is 12.3 Å². The smallest absolute Gasteiger partial charge is 0.337 e. The van der Waals surface area contributed by atoms with Crippen molar-refractivity contribution in [1.29, 1.82) is 0 Å². The molecular formula is C11H17N3O3. The molecule has 0 aliphatic heterocycles. The average Bonchev–Trinajstić information content (AvgIpc) is 2.30. The van der Waals surface area contributed by atoms with E-state index in [4.69, 9.17) is 15.6 Å². The van der Waals surface area contributed by atoms with Gasteiger partial charge in [0.1, 0.15) is 5.82 Å². The molecule has 0 aliphatic rings. The molecule has 0 aromatic carbocycles. The molecule has 1 aromatic rings. The number of nitrogens with zero attached hydrogens (tertiary/aromatic N) is 1. The Hall–Kier alpha value is -1.82. The zero-order valence-corrected chi connectivity index (χ0v) is 9.77. The fourth-order valence-corrected chi connectivity index (χ4v) is 1.38. The Balaban J connectivity index is 2.54. The van der Waals surface area contributed by atoms with Crippen molar-refractivity contribution in [2.45, 2.75) is 12.8 Å². The number of hydrogen-bond donors (Lipinski definition) is 3. The second-order valence-electron chi connectivity index (χ2n) is 3.55. The van der Waals surface area contributed by atoms with Gasteiger partial charge in [-0.05, 0) is 18.9 Å². The van der Waals surface area contributed by atoms with Gasteiger partial charge >= 0.3 is 5.97 Å². The summed E-state index contributed by atoms with van der Waals surface area (Å²) in [4.78, 5) is 14.8. The highest BCUT2D eigenvalue weighted by Gasteiger charge is 2.11. The van der Waals surface area contributed by atoms with E-state index in [0.717, 1.165) is 12.8 Å². The highest BCUT2D eigenvalue weighted by molar-refractivity contribution is 5.96. The third-order valence-electron chi connectivity index (χ3n) is 2.29. The predicted molar refractivity (Wildman–Crippen MR) is 65.2 cm³/mol. The molecule has 1 rings (SSSR count). The van der Waals surface area contributed by atoms with Gasteiger partial charge in [-0.25, -0.2) is 9.78 Å². The van der Waals surface area contributed by atoms with E-state index in [-0.39, 0.29) is 11.3 Å². The first-order chi connectivity index (χ1) is 8.16. The standard InChI is InChI=1S/C11H17N3O3/c1-17-7-3-2-5-13-10-9(12)8(11(15)16)4-6-14-10/h4,6H,2-3,5,7,12H2,1H3,(H,13,14)(H,15,16). The number of carboxylic acids is 1. The van der Waals surface area contributed by atoms with E-state index in [1.165, 1.54) is 12.3 Å². The molecule has 4 N–H and O–H groups in total. The van der Waals surface area contributed by atoms with E-state index in [1.807, 2.05) is 0 Å². The van der Waals surface area contributed by atoms with Crippen LogP contribution in [0.1, 0.15) is 23.2 Å². The third-order valence-corrected chi connectivity index (χ3v) is 2.29. The molecule has 0 amide bonds. The Morgan fingerprint density at radius 2 is 2.35 bits per heavy atom. The van der Waals surface area contributed by atoms with Gasteiger partial charge in [0.05, 0.1) is 11.3 Å². The third kappa shape index (κ3) is 3.92. The summed E-state index contributed by atoms with van der Waals surface area (Å²) in [6, 6.07) is 1.38. The summed E-state index contributed by atoms with van der Waals surface area (Å²) in [5, 5.41) is 11.9. The minimum Gasteiger partial charge on any atom is -0.478 e. The van der Waals surface area contributed by atoms with Crippen LogP contribution in [-0.4, -0.2) is 36.3 Å². The average molecular weight is 239 g/mol. The number of nitrogens with one attached hydrogen (secondary N) is 1. The fraction of sp³-hybridized carbons (Fsp3) is 0.455. The van der Waals surface area contributed by atoms with Gasteiger partial charge in [-0.3, -0.25) is 0 Å². The number of pyridine rings is 1. The molecule has 94 valence electrons. The highest BCUT2D eigenvalue weighted by atomic mass is 16.5. The Morgan fingerprint density at radius 3 is 3.00 bits per heavy atom. The number of rotatable bonds is 7. The van der Waals surface area contributed by atoms with Crippen molar-refractivity contribution in [3.63, 3.8) is 0 Å². The van der Waals surface area contributed by atoms with Crippen LogP contribution in [0.4, 0.5) is 11.5 Å². The monoisotopic (exact) mass is 239 g/mol. The van der Waals surface area contributed by atoms with Gasteiger partial charge < -0.3 is 20.9 Å². The van der Waals surface area contributed by atoms with Gasteiger partial charge in [-0.2, -0.15) is 0 Å². The molecule has 0 saturated heterocycles. The Labute approximate surface area is 99.8 Å². The van der Waals surface area contributed by atoms with Gasteiger partial charge in [0.15, 0.2) is 0 Å². The number of anilines is 2. The summed E-state index contributed by atoms with van der Waals surface area (Å²) in [7, 11) is 1.66. The van der Waals surface area contributed by atoms with Crippen molar-refractivity contribution in [1.82, 2.24) is 4.98 Å². The molecule has 1 aromatic heterocycles. The van der Waals surface area contributed by atoms with Crippen molar-refractivity contribution in [3.8, 4) is 0 Å². The topological polar surface area (TPSA) is 97.5 Å². The number of nitrogens with two attached hydrogens (primary N) is 1. The van der Waals surface area contributed by atoms with Crippen LogP contribution >= 0.6 is 0 Å². The van der Waals surface area contributed by atoms with Gasteiger partial charge in [-0.1, -0.05) is 0 Å². The maximum Gasteiger partial charge on any atom is 0.337 e. The number of nitrogen functional groups attached to an aromatic ring is 1. The van der Waals surface area contributed by atoms with Gasteiger partial charge in [0.25, 0.3) is 0 Å². The quantitative estimate of drug-likeness (QED) is 0.618. The van der Waals surface area contributed by atoms with E-state index in [9.17, 15) is 4.79 Å². The van der Waals surface area contributed by atoms with Crippen LogP contribution in [-0.2, 0) is 4.74 Å². The van der Waals surface area contributed by atoms with Crippen molar-refractivity contribution < 1.29 is 14.6 Å². The molecule has 0 radical (unpaired) electrons. The molecule has 0 bridgehead atoms. The molecule has 0 atom stereocenters. The minimum atomic E-state index is -1.05. The molecule has 1 heterocycles. The Morgan fingerprint density at radius 1 is 1.59 bits per heavy atom. The lowest BCUT2D eigenvalue weighted by Crippen LogP contribution is -2.10. The number of carboxylic acid groups (broad SMARTS) is 1. The first-order valence-corrected chi connectivity index (χ1v) is 5.37. The van der Waals surface area contributed by atoms with Crippen molar-refractivity contribution in [2.24, 2.45) is 0 Å². The first-order valence-electron chi connectivity index (χ1n) is 5.37. The SMILES string of the molecule is COCCCCNc1nccc(C(=O)O)c1N. The van der Waals surface area contributed by atoms with Crippen LogP contribution in [0.5, 0.6) is 0 Å². The molecular weight excluding hydrogens is 222 g/mol. The van der Waals surface area contributed by atoms with Crippen molar-refractivity contribution in [3.05, 3.63) is 17.8 Å². The van der Waals surface area contributed by atoms with Gasteiger partial charge in [-0.15, -0.1) is 0 Å². The summed E-state index contributed by atoms with van der Waals surface area (Å²) < 4.78 is 4.92. The Bertz CT molecular complexity index is 382. The zero-order chi connectivity index (χ0) is 12.7. The van der Waals surface area contributed by atoms with Crippen LogP contribution in [0.3, 0.4) is 0 Å². The number of unbranched alkanes of at least 4 members (excludes halogenated alkanes) is 1. The minimum absolute atomic E-state index is 0.0689. The van der Waals surface area contributed by atoms with E-state index < -0.39 is 5.97 Å². The highest BCUT2D eigenvalue weighted by Crippen LogP contribution is 2.19. The lowest BCUT2D eigenvalue weighted by molar-refractivity contribution is 0.0698. The molecule has 0 saturated carbocycles. The summed E-state index contributed by atoms with van der Waals surface area (Å²) in [6.45, 7) is 1.39. The first kappa shape index (κ1) is 13.2. The zero-order valence-electron chi connectivity index (χ0n) is 9.77. The second-order valence-corrected chi connectivity index (χ2v) is 3.55. The number of methoxy groups -OCH3 is 1. The van der Waals surface area contributed by atoms with Gasteiger partial charge in [0.2, 0.25) is 0 Å². The van der Waals surface area contributed by atoms with Gasteiger partial charge in [0, 0.05) is 26.5 Å². The van der Waals surface area contributed by atoms with Crippen molar-refractivity contribution in [2.75, 3.05) is 31.3 Å². The lowest BCUT2D eigenvalue weighted by atomic mass is 10.2. The molecule has 6 heteroatoms. The molecule has 0 spiro atoms. The van der Waals surface area contributed by atoms with Crippen molar-refractivity contribution >= 4 is 17.5 Å². The lowest BCUT2D eigenvalue weighted by Gasteiger charge is -2.09. The largest absolute Gasteiger partial charge is 0.478 e. The molecule has 0 fully saturated rings. The summed E-state index contributed by atoms with van der Waals surface area (Å²) >= 11 is 0. The molecule has 0 aliphatic carbocycles. The predicted octanol–water partition coefficient (Wildman–Crippen LogP) is 1.20. The van der Waals surface area contributed by atoms with E-state index in [2.05, 4.69) is 10.3 Å². The molecule has 6 nitrogen and oxygen atoms in total. The fourth-order valence-electron chi connectivity index (χ4n) is 1.38. The van der Waals surface area contributed by atoms with Crippen LogP contribution in [0, 0.1) is 0 Å². The van der Waals surface area contributed by atoms with E-state index >= 15 is 0 Å². The summed E-state index contributed by atoms with van der Waals surface area (Å²) in [5.74, 6) is -0.630. The van der Waals surface area contributed by atoms with Crippen LogP contribution in [0.25, 0.3) is 0 Å².